The zero-order chi connectivity index (χ0) is 20.3. The van der Waals surface area contributed by atoms with E-state index in [2.05, 4.69) is 92.9 Å². The summed E-state index contributed by atoms with van der Waals surface area (Å²) in [5.74, 6) is 2.28. The van der Waals surface area contributed by atoms with E-state index in [0.29, 0.717) is 0 Å². The Labute approximate surface area is 177 Å². The monoisotopic (exact) mass is 399 g/mol. The summed E-state index contributed by atoms with van der Waals surface area (Å²) in [7, 11) is 2.14. The molecular formula is C25H29N5+2. The highest BCUT2D eigenvalue weighted by atomic mass is 15.0. The Morgan fingerprint density at radius 2 is 1.00 bits per heavy atom. The Hall–Kier alpha value is -3.34. The molecule has 0 saturated heterocycles. The van der Waals surface area contributed by atoms with Crippen molar-refractivity contribution in [2.24, 2.45) is 7.05 Å². The van der Waals surface area contributed by atoms with Crippen LogP contribution < -0.4 is 20.6 Å². The second-order valence-electron chi connectivity index (χ2n) is 7.98. The molecular weight excluding hydrogens is 370 g/mol. The first kappa shape index (κ1) is 18.7. The Morgan fingerprint density at radius 3 is 1.37 bits per heavy atom. The van der Waals surface area contributed by atoms with E-state index in [1.54, 1.807) is 0 Å². The zero-order valence-corrected chi connectivity index (χ0v) is 17.5. The van der Waals surface area contributed by atoms with Crippen LogP contribution >= 0.6 is 0 Å². The highest BCUT2D eigenvalue weighted by molar-refractivity contribution is 5.95. The van der Waals surface area contributed by atoms with Crippen molar-refractivity contribution in [3.05, 3.63) is 71.8 Å². The number of nitrogens with one attached hydrogen (secondary N) is 4. The van der Waals surface area contributed by atoms with Gasteiger partial charge in [0.15, 0.2) is 0 Å². The fourth-order valence-corrected chi connectivity index (χ4v) is 4.27. The molecule has 1 aromatic heterocycles. The van der Waals surface area contributed by atoms with Gasteiger partial charge in [0.2, 0.25) is 0 Å². The maximum absolute atomic E-state index is 3.45. The van der Waals surface area contributed by atoms with Crippen LogP contribution in [0.15, 0.2) is 60.7 Å². The molecule has 4 N–H and O–H groups in total. The summed E-state index contributed by atoms with van der Waals surface area (Å²) in [6, 6.07) is 22.0. The average molecular weight is 400 g/mol. The lowest BCUT2D eigenvalue weighted by molar-refractivity contribution is -0.463. The molecule has 5 rings (SSSR count). The summed E-state index contributed by atoms with van der Waals surface area (Å²) >= 11 is 0. The third-order valence-corrected chi connectivity index (χ3v) is 5.97. The molecule has 0 amide bonds. The predicted molar refractivity (Wildman–Crippen MR) is 121 cm³/mol. The first-order valence-electron chi connectivity index (χ1n) is 10.9. The fraction of sp³-hybridized carbons (Fsp3) is 0.280. The van der Waals surface area contributed by atoms with E-state index < -0.39 is 0 Å². The standard InChI is InChI=1S/C25H27N5/c1-30-22(18-4-8-20(9-5-18)24-26-14-2-15-27-24)12-13-23(30)19-6-10-21(11-7-19)25-28-16-3-17-29-25/h4-13H,2-3,14-17H2,1H3,(H,26,27)(H,28,29)/p+2. The number of amidine groups is 2. The van der Waals surface area contributed by atoms with Crippen molar-refractivity contribution < 1.29 is 9.98 Å². The van der Waals surface area contributed by atoms with Gasteiger partial charge in [-0.05, 0) is 47.5 Å². The van der Waals surface area contributed by atoms with Gasteiger partial charge in [-0.1, -0.05) is 24.3 Å². The van der Waals surface area contributed by atoms with Crippen molar-refractivity contribution in [2.75, 3.05) is 26.2 Å². The van der Waals surface area contributed by atoms with Crippen LogP contribution in [-0.2, 0) is 7.05 Å². The van der Waals surface area contributed by atoms with Crippen LogP contribution in [0.3, 0.4) is 0 Å². The van der Waals surface area contributed by atoms with E-state index in [1.807, 2.05) is 0 Å². The minimum Gasteiger partial charge on any atom is -0.344 e. The largest absolute Gasteiger partial charge is 0.344 e. The smallest absolute Gasteiger partial charge is 0.274 e. The van der Waals surface area contributed by atoms with Crippen molar-refractivity contribution in [3.8, 4) is 22.5 Å². The Kier molecular flexibility index (Phi) is 5.10. The molecule has 3 aromatic rings. The Balaban J connectivity index is 1.38. The molecule has 2 aromatic carbocycles. The fourth-order valence-electron chi connectivity index (χ4n) is 4.27. The molecule has 5 nitrogen and oxygen atoms in total. The van der Waals surface area contributed by atoms with Gasteiger partial charge in [0, 0.05) is 31.3 Å². The number of benzene rings is 2. The quantitative estimate of drug-likeness (QED) is 0.499. The van der Waals surface area contributed by atoms with Crippen LogP contribution in [0.5, 0.6) is 0 Å². The Bertz CT molecular complexity index is 1000. The molecule has 5 heteroatoms. The highest BCUT2D eigenvalue weighted by Crippen LogP contribution is 2.28. The minimum atomic E-state index is 1.04. The first-order valence-corrected chi connectivity index (χ1v) is 10.9. The van der Waals surface area contributed by atoms with Crippen molar-refractivity contribution in [3.63, 3.8) is 0 Å². The van der Waals surface area contributed by atoms with Gasteiger partial charge in [0.25, 0.3) is 11.7 Å². The summed E-state index contributed by atoms with van der Waals surface area (Å²) in [4.78, 5) is 6.90. The van der Waals surface area contributed by atoms with Crippen molar-refractivity contribution in [1.82, 2.24) is 15.2 Å². The van der Waals surface area contributed by atoms with Gasteiger partial charge in [-0.25, -0.2) is 0 Å². The predicted octanol–water partition coefficient (Wildman–Crippen LogP) is 0.000100. The van der Waals surface area contributed by atoms with Crippen LogP contribution in [0.2, 0.25) is 0 Å². The van der Waals surface area contributed by atoms with E-state index in [-0.39, 0.29) is 0 Å². The molecule has 2 aliphatic heterocycles. The SMILES string of the molecule is Cn1c(-c2ccc(C3=[NH+]CCCN3)cc2)ccc1-c1ccc(C2=[NH+]CCCN2)cc1. The van der Waals surface area contributed by atoms with Crippen molar-refractivity contribution in [2.45, 2.75) is 12.8 Å². The van der Waals surface area contributed by atoms with Crippen LogP contribution in [-0.4, -0.2) is 42.4 Å². The van der Waals surface area contributed by atoms with E-state index in [9.17, 15) is 0 Å². The van der Waals surface area contributed by atoms with Crippen LogP contribution in [0.1, 0.15) is 24.0 Å². The van der Waals surface area contributed by atoms with E-state index >= 15 is 0 Å². The van der Waals surface area contributed by atoms with Gasteiger partial charge in [0.1, 0.15) is 0 Å². The lowest BCUT2D eigenvalue weighted by Gasteiger charge is -2.11. The van der Waals surface area contributed by atoms with Gasteiger partial charge in [0.05, 0.1) is 37.3 Å². The van der Waals surface area contributed by atoms with Gasteiger partial charge < -0.3 is 4.57 Å². The summed E-state index contributed by atoms with van der Waals surface area (Å²) in [6.07, 6.45) is 2.34. The number of rotatable bonds is 4. The van der Waals surface area contributed by atoms with Crippen molar-refractivity contribution in [1.29, 1.82) is 0 Å². The van der Waals surface area contributed by atoms with E-state index in [0.717, 1.165) is 37.9 Å². The normalized spacial score (nSPS) is 16.3. The third kappa shape index (κ3) is 3.63. The molecule has 0 atom stereocenters. The van der Waals surface area contributed by atoms with Gasteiger partial charge >= 0.3 is 0 Å². The van der Waals surface area contributed by atoms with Crippen LogP contribution in [0, 0.1) is 0 Å². The molecule has 0 fully saturated rings. The Morgan fingerprint density at radius 1 is 0.600 bits per heavy atom. The van der Waals surface area contributed by atoms with Crippen LogP contribution in [0.25, 0.3) is 22.5 Å². The molecule has 0 saturated carbocycles. The number of aromatic nitrogens is 1. The first-order chi connectivity index (χ1) is 14.8. The molecule has 0 bridgehead atoms. The third-order valence-electron chi connectivity index (χ3n) is 5.97. The molecule has 0 unspecified atom stereocenters. The summed E-state index contributed by atoms with van der Waals surface area (Å²) in [5, 5.41) is 6.90. The molecule has 30 heavy (non-hydrogen) atoms. The molecule has 0 spiro atoms. The molecule has 152 valence electrons. The molecule has 0 aliphatic carbocycles. The molecule has 3 heterocycles. The van der Waals surface area contributed by atoms with Gasteiger partial charge in [-0.2, -0.15) is 0 Å². The number of nitrogens with zero attached hydrogens (tertiary/aromatic N) is 1. The van der Waals surface area contributed by atoms with E-state index in [1.165, 1.54) is 46.5 Å². The minimum absolute atomic E-state index is 1.04. The average Bonchev–Trinajstić information content (AvgIpc) is 3.22. The van der Waals surface area contributed by atoms with Crippen molar-refractivity contribution >= 4 is 11.7 Å². The van der Waals surface area contributed by atoms with Crippen LogP contribution in [0.4, 0.5) is 0 Å². The summed E-state index contributed by atoms with van der Waals surface area (Å²) < 4.78 is 2.28. The number of hydrogen-bond donors (Lipinski definition) is 4. The number of hydrogen-bond acceptors (Lipinski definition) is 2. The lowest BCUT2D eigenvalue weighted by atomic mass is 10.1. The summed E-state index contributed by atoms with van der Waals surface area (Å²) in [5.41, 5.74) is 7.33. The van der Waals surface area contributed by atoms with Gasteiger partial charge in [-0.3, -0.25) is 20.6 Å². The second-order valence-corrected chi connectivity index (χ2v) is 7.98. The van der Waals surface area contributed by atoms with E-state index in [4.69, 9.17) is 0 Å². The second kappa shape index (κ2) is 8.19. The molecule has 0 radical (unpaired) electrons. The highest BCUT2D eigenvalue weighted by Gasteiger charge is 2.16. The maximum atomic E-state index is 3.45. The summed E-state index contributed by atoms with van der Waals surface area (Å²) in [6.45, 7) is 4.15. The van der Waals surface area contributed by atoms with Gasteiger partial charge in [-0.15, -0.1) is 0 Å². The maximum Gasteiger partial charge on any atom is 0.274 e. The molecule has 2 aliphatic rings. The zero-order valence-electron chi connectivity index (χ0n) is 17.5. The topological polar surface area (TPSA) is 56.9 Å². The lowest BCUT2D eigenvalue weighted by Crippen LogP contribution is -2.79.